The Morgan fingerprint density at radius 1 is 1.29 bits per heavy atom. The summed E-state index contributed by atoms with van der Waals surface area (Å²) >= 11 is 1.07. The average molecular weight is 327 g/mol. The average Bonchev–Trinajstić information content (AvgIpc) is 2.98. The minimum Gasteiger partial charge on any atom is -0.349 e. The topological polar surface area (TPSA) is 80.9 Å². The minimum atomic E-state index is -0.221. The fourth-order valence-electron chi connectivity index (χ4n) is 1.80. The highest BCUT2D eigenvalue weighted by atomic mass is 35.5. The highest BCUT2D eigenvalue weighted by Crippen LogP contribution is 2.17. The molecule has 0 fully saturated rings. The molecule has 21 heavy (non-hydrogen) atoms. The van der Waals surface area contributed by atoms with E-state index in [1.165, 1.54) is 11.8 Å². The summed E-state index contributed by atoms with van der Waals surface area (Å²) in [5, 5.41) is 6.42. The van der Waals surface area contributed by atoms with Gasteiger partial charge in [-0.05, 0) is 28.6 Å². The molecule has 1 unspecified atom stereocenters. The number of benzene rings is 1. The van der Waals surface area contributed by atoms with Crippen molar-refractivity contribution in [2.24, 2.45) is 5.73 Å². The molecule has 2 rings (SSSR count). The first-order chi connectivity index (χ1) is 9.58. The Kier molecular flexibility index (Phi) is 6.74. The second-order valence-corrected chi connectivity index (χ2v) is 5.71. The van der Waals surface area contributed by atoms with Gasteiger partial charge in [-0.3, -0.25) is 4.79 Å². The monoisotopic (exact) mass is 326 g/mol. The zero-order chi connectivity index (χ0) is 14.5. The number of aromatic nitrogens is 2. The van der Waals surface area contributed by atoms with Crippen LogP contribution in [0.5, 0.6) is 0 Å². The third kappa shape index (κ3) is 4.77. The van der Waals surface area contributed by atoms with Gasteiger partial charge in [0.15, 0.2) is 0 Å². The van der Waals surface area contributed by atoms with Crippen LogP contribution in [0.25, 0.3) is 0 Å². The maximum Gasteiger partial charge on any atom is 0.264 e. The van der Waals surface area contributed by atoms with Gasteiger partial charge in [-0.25, -0.2) is 0 Å². The number of carbonyl (C=O) groups is 1. The molecule has 1 amide bonds. The van der Waals surface area contributed by atoms with Gasteiger partial charge in [0.1, 0.15) is 4.88 Å². The largest absolute Gasteiger partial charge is 0.349 e. The van der Waals surface area contributed by atoms with Crippen LogP contribution in [-0.4, -0.2) is 22.0 Å². The van der Waals surface area contributed by atoms with Crippen LogP contribution in [0.2, 0.25) is 0 Å². The van der Waals surface area contributed by atoms with Crippen LogP contribution in [0.1, 0.15) is 46.6 Å². The van der Waals surface area contributed by atoms with Crippen molar-refractivity contribution in [2.75, 3.05) is 6.54 Å². The smallest absolute Gasteiger partial charge is 0.264 e. The molecular formula is C14H19ClN4OS. The van der Waals surface area contributed by atoms with Crippen molar-refractivity contribution in [1.29, 1.82) is 0 Å². The highest BCUT2D eigenvalue weighted by molar-refractivity contribution is 7.07. The van der Waals surface area contributed by atoms with Gasteiger partial charge >= 0.3 is 0 Å². The summed E-state index contributed by atoms with van der Waals surface area (Å²) in [6, 6.07) is 7.96. The van der Waals surface area contributed by atoms with E-state index in [1.54, 1.807) is 0 Å². The number of nitrogens with two attached hydrogens (primary N) is 1. The number of hydrogen-bond acceptors (Lipinski definition) is 5. The van der Waals surface area contributed by atoms with E-state index in [4.69, 9.17) is 5.73 Å². The molecule has 0 saturated carbocycles. The lowest BCUT2D eigenvalue weighted by molar-refractivity contribution is 0.0955. The molecule has 0 spiro atoms. The van der Waals surface area contributed by atoms with Gasteiger partial charge in [-0.15, -0.1) is 17.5 Å². The van der Waals surface area contributed by atoms with Crippen molar-refractivity contribution >= 4 is 29.8 Å². The first kappa shape index (κ1) is 17.6. The van der Waals surface area contributed by atoms with E-state index in [0.717, 1.165) is 17.1 Å². The van der Waals surface area contributed by atoms with Crippen LogP contribution in [0.4, 0.5) is 0 Å². The molecule has 0 radical (unpaired) electrons. The number of carbonyl (C=O) groups excluding carboxylic acids is 1. The van der Waals surface area contributed by atoms with Crippen LogP contribution in [0.15, 0.2) is 30.5 Å². The Morgan fingerprint density at radius 2 is 1.90 bits per heavy atom. The van der Waals surface area contributed by atoms with Crippen molar-refractivity contribution in [3.8, 4) is 0 Å². The highest BCUT2D eigenvalue weighted by Gasteiger charge is 2.11. The van der Waals surface area contributed by atoms with Crippen molar-refractivity contribution in [3.05, 3.63) is 46.5 Å². The first-order valence-corrected chi connectivity index (χ1v) is 7.26. The predicted octanol–water partition coefficient (Wildman–Crippen LogP) is 2.51. The molecule has 7 heteroatoms. The van der Waals surface area contributed by atoms with Crippen molar-refractivity contribution in [2.45, 2.75) is 25.8 Å². The Balaban J connectivity index is 0.00000220. The van der Waals surface area contributed by atoms with Gasteiger partial charge in [-0.1, -0.05) is 42.6 Å². The van der Waals surface area contributed by atoms with E-state index in [9.17, 15) is 4.79 Å². The first-order valence-electron chi connectivity index (χ1n) is 6.49. The van der Waals surface area contributed by atoms with Gasteiger partial charge in [-0.2, -0.15) is 0 Å². The molecule has 5 nitrogen and oxygen atoms in total. The second kappa shape index (κ2) is 8.07. The SMILES string of the molecule is CC(C)c1ccc(C(N)CNC(=O)c2cnns2)cc1.Cl. The van der Waals surface area contributed by atoms with Gasteiger partial charge < -0.3 is 11.1 Å². The van der Waals surface area contributed by atoms with E-state index < -0.39 is 0 Å². The zero-order valence-corrected chi connectivity index (χ0v) is 13.6. The summed E-state index contributed by atoms with van der Waals surface area (Å²) in [7, 11) is 0. The van der Waals surface area contributed by atoms with Crippen molar-refractivity contribution in [1.82, 2.24) is 14.9 Å². The van der Waals surface area contributed by atoms with Crippen LogP contribution in [-0.2, 0) is 0 Å². The van der Waals surface area contributed by atoms with E-state index in [0.29, 0.717) is 17.3 Å². The normalized spacial score (nSPS) is 11.8. The Bertz CT molecular complexity index is 557. The molecule has 0 aliphatic carbocycles. The third-order valence-corrected chi connectivity index (χ3v) is 3.76. The molecule has 2 aromatic rings. The Labute approximate surface area is 134 Å². The summed E-state index contributed by atoms with van der Waals surface area (Å²) < 4.78 is 3.65. The van der Waals surface area contributed by atoms with E-state index in [1.807, 2.05) is 12.1 Å². The van der Waals surface area contributed by atoms with Crippen LogP contribution >= 0.6 is 23.9 Å². The standard InChI is InChI=1S/C14H18N4OS.ClH/c1-9(2)10-3-5-11(6-4-10)12(15)7-16-14(19)13-8-17-18-20-13;/h3-6,8-9,12H,7,15H2,1-2H3,(H,16,19);1H. The molecule has 0 bridgehead atoms. The van der Waals surface area contributed by atoms with Crippen LogP contribution in [0, 0.1) is 0 Å². The summed E-state index contributed by atoms with van der Waals surface area (Å²) in [5.41, 5.74) is 8.37. The minimum absolute atomic E-state index is 0. The molecule has 1 aromatic heterocycles. The zero-order valence-electron chi connectivity index (χ0n) is 11.9. The van der Waals surface area contributed by atoms with Crippen LogP contribution in [0.3, 0.4) is 0 Å². The summed E-state index contributed by atoms with van der Waals surface area (Å²) in [5.74, 6) is 0.313. The number of amides is 1. The van der Waals surface area contributed by atoms with E-state index in [-0.39, 0.29) is 24.4 Å². The number of nitrogens with one attached hydrogen (secondary N) is 1. The molecule has 1 atom stereocenters. The maximum atomic E-state index is 11.7. The van der Waals surface area contributed by atoms with Gasteiger partial charge in [0, 0.05) is 12.6 Å². The second-order valence-electron chi connectivity index (χ2n) is 4.92. The fourth-order valence-corrected chi connectivity index (χ4v) is 2.23. The lowest BCUT2D eigenvalue weighted by Gasteiger charge is -2.14. The number of hydrogen-bond donors (Lipinski definition) is 2. The van der Waals surface area contributed by atoms with Crippen molar-refractivity contribution in [3.63, 3.8) is 0 Å². The van der Waals surface area contributed by atoms with E-state index in [2.05, 4.69) is 40.9 Å². The van der Waals surface area contributed by atoms with Crippen molar-refractivity contribution < 1.29 is 4.79 Å². The maximum absolute atomic E-state index is 11.7. The number of nitrogens with zero attached hydrogens (tertiary/aromatic N) is 2. The summed E-state index contributed by atoms with van der Waals surface area (Å²) in [4.78, 5) is 12.2. The van der Waals surface area contributed by atoms with Crippen LogP contribution < -0.4 is 11.1 Å². The van der Waals surface area contributed by atoms with Gasteiger partial charge in [0.25, 0.3) is 5.91 Å². The molecule has 1 aromatic carbocycles. The molecule has 0 aliphatic rings. The van der Waals surface area contributed by atoms with E-state index >= 15 is 0 Å². The predicted molar refractivity (Wildman–Crippen MR) is 86.9 cm³/mol. The molecular weight excluding hydrogens is 308 g/mol. The lowest BCUT2D eigenvalue weighted by atomic mass is 9.99. The molecule has 3 N–H and O–H groups in total. The lowest BCUT2D eigenvalue weighted by Crippen LogP contribution is -2.31. The molecule has 114 valence electrons. The number of halogens is 1. The van der Waals surface area contributed by atoms with Gasteiger partial charge in [0.2, 0.25) is 0 Å². The third-order valence-electron chi connectivity index (χ3n) is 3.10. The Morgan fingerprint density at radius 3 is 2.43 bits per heavy atom. The molecule has 1 heterocycles. The quantitative estimate of drug-likeness (QED) is 0.884. The van der Waals surface area contributed by atoms with Gasteiger partial charge in [0.05, 0.1) is 6.20 Å². The number of rotatable bonds is 5. The fraction of sp³-hybridized carbons (Fsp3) is 0.357. The molecule has 0 saturated heterocycles. The summed E-state index contributed by atoms with van der Waals surface area (Å²) in [6.07, 6.45) is 1.45. The Hall–Kier alpha value is -1.50. The molecule has 0 aliphatic heterocycles. The summed E-state index contributed by atoms with van der Waals surface area (Å²) in [6.45, 7) is 4.69.